The minimum atomic E-state index is -0.951. The van der Waals surface area contributed by atoms with E-state index in [1.807, 2.05) is 18.2 Å². The van der Waals surface area contributed by atoms with Gasteiger partial charge in [-0.25, -0.2) is 4.21 Å². The van der Waals surface area contributed by atoms with E-state index in [1.54, 1.807) is 30.4 Å². The fourth-order valence-electron chi connectivity index (χ4n) is 1.52. The molecule has 1 aliphatic heterocycles. The van der Waals surface area contributed by atoms with E-state index < -0.39 is 9.83 Å². The zero-order chi connectivity index (χ0) is 11.0. The second kappa shape index (κ2) is 4.86. The summed E-state index contributed by atoms with van der Waals surface area (Å²) in [5.41, 5.74) is 0. The number of benzene rings is 2. The summed E-state index contributed by atoms with van der Waals surface area (Å²) in [4.78, 5) is 2.07. The van der Waals surface area contributed by atoms with Crippen LogP contribution in [-0.2, 0) is 9.83 Å². The van der Waals surface area contributed by atoms with Crippen molar-refractivity contribution in [2.75, 3.05) is 0 Å². The van der Waals surface area contributed by atoms with Crippen molar-refractivity contribution in [3.05, 3.63) is 36.4 Å². The van der Waals surface area contributed by atoms with Gasteiger partial charge in [0.1, 0.15) is 9.83 Å². The molecule has 0 fully saturated rings. The Labute approximate surface area is 111 Å². The Morgan fingerprint density at radius 2 is 1.75 bits per heavy atom. The van der Waals surface area contributed by atoms with Crippen LogP contribution in [0.2, 0.25) is 0 Å². The molecule has 0 saturated carbocycles. The van der Waals surface area contributed by atoms with Crippen molar-refractivity contribution in [1.82, 2.24) is 0 Å². The van der Waals surface area contributed by atoms with Crippen LogP contribution < -0.4 is 0 Å². The molecule has 2 aromatic rings. The second-order valence-corrected chi connectivity index (χ2v) is 11.4. The number of hydrogen-bond acceptors (Lipinski definition) is 5. The van der Waals surface area contributed by atoms with E-state index in [1.165, 1.54) is 15.2 Å². The minimum absolute atomic E-state index is 0.950. The van der Waals surface area contributed by atoms with E-state index in [-0.39, 0.29) is 0 Å². The van der Waals surface area contributed by atoms with Gasteiger partial charge >= 0.3 is 0 Å². The van der Waals surface area contributed by atoms with E-state index in [0.29, 0.717) is 0 Å². The van der Waals surface area contributed by atoms with Crippen LogP contribution >= 0.6 is 40.3 Å². The standard InChI is InChI=1S/C10H6OS5/c11-16-10-6-8-4-2-1-3-7(8)5-9(10)12-13-14-15-16/h1-6H. The van der Waals surface area contributed by atoms with Crippen molar-refractivity contribution in [2.24, 2.45) is 0 Å². The lowest BCUT2D eigenvalue weighted by Crippen LogP contribution is -1.86. The summed E-state index contributed by atoms with van der Waals surface area (Å²) in [6.45, 7) is 0. The molecule has 1 unspecified atom stereocenters. The van der Waals surface area contributed by atoms with Gasteiger partial charge in [0.25, 0.3) is 0 Å². The molecule has 82 valence electrons. The van der Waals surface area contributed by atoms with Crippen molar-refractivity contribution in [2.45, 2.75) is 9.79 Å². The van der Waals surface area contributed by atoms with Gasteiger partial charge in [0.15, 0.2) is 0 Å². The third kappa shape index (κ3) is 2.13. The van der Waals surface area contributed by atoms with E-state index in [2.05, 4.69) is 18.2 Å². The molecule has 0 spiro atoms. The molecule has 0 bridgehead atoms. The molecule has 1 aliphatic rings. The molecule has 3 rings (SSSR count). The predicted molar refractivity (Wildman–Crippen MR) is 79.0 cm³/mol. The molecule has 0 aromatic heterocycles. The van der Waals surface area contributed by atoms with Crippen molar-refractivity contribution >= 4 is 60.9 Å². The highest BCUT2D eigenvalue weighted by Gasteiger charge is 2.17. The van der Waals surface area contributed by atoms with Crippen molar-refractivity contribution in [3.8, 4) is 0 Å². The molecule has 0 amide bonds. The molecule has 0 aliphatic carbocycles. The third-order valence-electron chi connectivity index (χ3n) is 2.23. The van der Waals surface area contributed by atoms with Gasteiger partial charge in [-0.15, -0.1) is 0 Å². The largest absolute Gasteiger partial charge is 0.242 e. The highest BCUT2D eigenvalue weighted by Crippen LogP contribution is 2.54. The lowest BCUT2D eigenvalue weighted by atomic mass is 10.1. The van der Waals surface area contributed by atoms with Crippen LogP contribution in [0.15, 0.2) is 46.2 Å². The average molecular weight is 302 g/mol. The monoisotopic (exact) mass is 302 g/mol. The fourth-order valence-corrected chi connectivity index (χ4v) is 11.6. The number of rotatable bonds is 0. The maximum absolute atomic E-state index is 12.0. The first-order valence-corrected chi connectivity index (χ1v) is 11.0. The zero-order valence-corrected chi connectivity index (χ0v) is 12.0. The molecule has 0 radical (unpaired) electrons. The van der Waals surface area contributed by atoms with Crippen LogP contribution in [0.3, 0.4) is 0 Å². The van der Waals surface area contributed by atoms with Crippen LogP contribution in [0.1, 0.15) is 0 Å². The third-order valence-corrected chi connectivity index (χ3v) is 11.6. The summed E-state index contributed by atoms with van der Waals surface area (Å²) in [5.74, 6) is 0. The van der Waals surface area contributed by atoms with Gasteiger partial charge in [-0.05, 0) is 43.5 Å². The Kier molecular flexibility index (Phi) is 3.44. The summed E-state index contributed by atoms with van der Waals surface area (Å²) in [5, 5.41) is 2.37. The first-order chi connectivity index (χ1) is 7.84. The number of hydrogen-bond donors (Lipinski definition) is 0. The van der Waals surface area contributed by atoms with Crippen LogP contribution in [0.25, 0.3) is 10.8 Å². The summed E-state index contributed by atoms with van der Waals surface area (Å²) < 4.78 is 12.0. The SMILES string of the molecule is O=S1SSSSc2cc3ccccc3cc21. The van der Waals surface area contributed by atoms with E-state index in [4.69, 9.17) is 0 Å². The molecule has 0 saturated heterocycles. The van der Waals surface area contributed by atoms with Gasteiger partial charge in [-0.3, -0.25) is 0 Å². The Bertz CT molecular complexity index is 568. The van der Waals surface area contributed by atoms with Gasteiger partial charge in [0.05, 0.1) is 4.90 Å². The summed E-state index contributed by atoms with van der Waals surface area (Å²) >= 11 is 0. The smallest absolute Gasteiger partial charge is 0.125 e. The highest BCUT2D eigenvalue weighted by atomic mass is 33.8. The second-order valence-electron chi connectivity index (χ2n) is 3.17. The van der Waals surface area contributed by atoms with Crippen LogP contribution in [0, 0.1) is 0 Å². The van der Waals surface area contributed by atoms with Gasteiger partial charge in [-0.2, -0.15) is 0 Å². The molecule has 16 heavy (non-hydrogen) atoms. The van der Waals surface area contributed by atoms with Gasteiger partial charge in [0, 0.05) is 24.5 Å². The summed E-state index contributed by atoms with van der Waals surface area (Å²) in [7, 11) is 5.42. The molecule has 6 heteroatoms. The van der Waals surface area contributed by atoms with E-state index in [0.717, 1.165) is 15.2 Å². The Morgan fingerprint density at radius 1 is 1.00 bits per heavy atom. The number of fused-ring (bicyclic) bond motifs is 2. The molecule has 1 atom stereocenters. The Morgan fingerprint density at radius 3 is 2.56 bits per heavy atom. The average Bonchev–Trinajstić information content (AvgIpc) is 2.49. The quantitative estimate of drug-likeness (QED) is 0.641. The van der Waals surface area contributed by atoms with Gasteiger partial charge < -0.3 is 0 Å². The first kappa shape index (κ1) is 11.3. The van der Waals surface area contributed by atoms with Crippen molar-refractivity contribution in [1.29, 1.82) is 0 Å². The van der Waals surface area contributed by atoms with E-state index in [9.17, 15) is 4.21 Å². The topological polar surface area (TPSA) is 17.1 Å². The first-order valence-electron chi connectivity index (χ1n) is 4.47. The predicted octanol–water partition coefficient (Wildman–Crippen LogP) is 4.91. The summed E-state index contributed by atoms with van der Waals surface area (Å²) in [6, 6.07) is 12.4. The molecule has 1 nitrogen and oxygen atoms in total. The maximum Gasteiger partial charge on any atom is 0.125 e. The normalized spacial score (nSPS) is 20.4. The zero-order valence-electron chi connectivity index (χ0n) is 7.91. The van der Waals surface area contributed by atoms with Gasteiger partial charge in [0.2, 0.25) is 0 Å². The maximum atomic E-state index is 12.0. The minimum Gasteiger partial charge on any atom is -0.242 e. The van der Waals surface area contributed by atoms with Gasteiger partial charge in [-0.1, -0.05) is 24.3 Å². The lowest BCUT2D eigenvalue weighted by molar-refractivity contribution is 0.690. The fraction of sp³-hybridized carbons (Fsp3) is 0. The van der Waals surface area contributed by atoms with E-state index >= 15 is 0 Å². The lowest BCUT2D eigenvalue weighted by Gasteiger charge is -2.05. The molecule has 0 N–H and O–H groups in total. The Hall–Kier alpha value is 0.250. The molecule has 1 heterocycles. The Balaban J connectivity index is 2.27. The van der Waals surface area contributed by atoms with Crippen LogP contribution in [-0.4, -0.2) is 4.21 Å². The molecular formula is C10H6OS5. The van der Waals surface area contributed by atoms with Crippen molar-refractivity contribution < 1.29 is 4.21 Å². The highest BCUT2D eigenvalue weighted by molar-refractivity contribution is 9.34. The van der Waals surface area contributed by atoms with Crippen LogP contribution in [0.4, 0.5) is 0 Å². The molecular weight excluding hydrogens is 296 g/mol. The van der Waals surface area contributed by atoms with Crippen LogP contribution in [0.5, 0.6) is 0 Å². The summed E-state index contributed by atoms with van der Waals surface area (Å²) in [6.07, 6.45) is 0. The van der Waals surface area contributed by atoms with Crippen molar-refractivity contribution in [3.63, 3.8) is 0 Å². The molecule has 2 aromatic carbocycles.